The van der Waals surface area contributed by atoms with Crippen LogP contribution in [-0.4, -0.2) is 42.3 Å². The number of imide groups is 1. The molecule has 1 N–H and O–H groups in total. The van der Waals surface area contributed by atoms with Crippen molar-refractivity contribution in [2.45, 2.75) is 38.5 Å². The number of rotatable bonds is 5. The van der Waals surface area contributed by atoms with Crippen molar-refractivity contribution in [3.8, 4) is 0 Å². The van der Waals surface area contributed by atoms with E-state index in [1.807, 2.05) is 4.90 Å². The molecule has 1 aromatic carbocycles. The molecule has 2 saturated carbocycles. The molecule has 0 spiro atoms. The van der Waals surface area contributed by atoms with E-state index in [-0.39, 0.29) is 48.3 Å². The molecule has 0 radical (unpaired) electrons. The molecule has 0 aromatic heterocycles. The number of benzene rings is 1. The summed E-state index contributed by atoms with van der Waals surface area (Å²) in [4.78, 5) is 41.0. The van der Waals surface area contributed by atoms with E-state index in [2.05, 4.69) is 5.32 Å². The Morgan fingerprint density at radius 1 is 1.07 bits per heavy atom. The summed E-state index contributed by atoms with van der Waals surface area (Å²) in [5, 5.41) is 2.69. The number of likely N-dealkylation sites (tertiary alicyclic amines) is 1. The van der Waals surface area contributed by atoms with Crippen LogP contribution < -0.4 is 10.2 Å². The molecule has 2 aliphatic carbocycles. The van der Waals surface area contributed by atoms with Crippen molar-refractivity contribution in [3.05, 3.63) is 24.0 Å². The van der Waals surface area contributed by atoms with Crippen LogP contribution in [0.5, 0.6) is 0 Å². The smallest absolute Gasteiger partial charge is 0.233 e. The lowest BCUT2D eigenvalue weighted by Crippen LogP contribution is -2.35. The second kappa shape index (κ2) is 7.11. The van der Waals surface area contributed by atoms with E-state index in [9.17, 15) is 18.8 Å². The van der Waals surface area contributed by atoms with Crippen molar-refractivity contribution in [3.63, 3.8) is 0 Å². The predicted molar refractivity (Wildman–Crippen MR) is 106 cm³/mol. The molecule has 29 heavy (non-hydrogen) atoms. The monoisotopic (exact) mass is 399 g/mol. The lowest BCUT2D eigenvalue weighted by atomic mass is 9.81. The summed E-state index contributed by atoms with van der Waals surface area (Å²) in [6.07, 6.45) is 5.24. The molecule has 2 aliphatic heterocycles. The number of fused-ring (bicyclic) bond motifs is 5. The first kappa shape index (κ1) is 18.6. The van der Waals surface area contributed by atoms with Gasteiger partial charge in [0.05, 0.1) is 17.5 Å². The van der Waals surface area contributed by atoms with E-state index in [1.165, 1.54) is 11.0 Å². The molecule has 4 fully saturated rings. The average Bonchev–Trinajstić information content (AvgIpc) is 3.47. The standard InChI is InChI=1S/C22H26FN3O3/c23-16-12-15(5-6-17(16)25-8-1-2-9-25)24-18(27)7-10-26-21(28)19-13-3-4-14(11-13)20(19)22(26)29/h5-6,12-14,19-20H,1-4,7-11H2,(H,24,27)/t13-,14-,19-,20+/m0/s1. The van der Waals surface area contributed by atoms with E-state index in [0.717, 1.165) is 45.2 Å². The summed E-state index contributed by atoms with van der Waals surface area (Å²) in [6, 6.07) is 4.73. The van der Waals surface area contributed by atoms with Crippen molar-refractivity contribution in [1.29, 1.82) is 0 Å². The largest absolute Gasteiger partial charge is 0.369 e. The van der Waals surface area contributed by atoms with Gasteiger partial charge in [0.1, 0.15) is 5.82 Å². The van der Waals surface area contributed by atoms with Gasteiger partial charge in [-0.15, -0.1) is 0 Å². The van der Waals surface area contributed by atoms with Crippen LogP contribution in [0, 0.1) is 29.5 Å². The zero-order chi connectivity index (χ0) is 20.1. The van der Waals surface area contributed by atoms with Crippen LogP contribution in [0.4, 0.5) is 15.8 Å². The van der Waals surface area contributed by atoms with Crippen LogP contribution in [0.2, 0.25) is 0 Å². The summed E-state index contributed by atoms with van der Waals surface area (Å²) >= 11 is 0. The quantitative estimate of drug-likeness (QED) is 0.773. The van der Waals surface area contributed by atoms with Crippen LogP contribution in [0.1, 0.15) is 38.5 Å². The molecule has 154 valence electrons. The molecule has 2 bridgehead atoms. The SMILES string of the molecule is O=C(CCN1C(=O)[C@@H]2[C@H]3CC[C@@H](C3)[C@@H]2C1=O)Nc1ccc(N2CCCC2)c(F)c1. The normalized spacial score (nSPS) is 30.4. The van der Waals surface area contributed by atoms with Crippen LogP contribution in [0.15, 0.2) is 18.2 Å². The highest BCUT2D eigenvalue weighted by atomic mass is 19.1. The summed E-state index contributed by atoms with van der Waals surface area (Å²) in [5.41, 5.74) is 0.958. The lowest BCUT2D eigenvalue weighted by molar-refractivity contribution is -0.140. The molecule has 1 aromatic rings. The average molecular weight is 399 g/mol. The fourth-order valence-corrected chi connectivity index (χ4v) is 5.93. The minimum absolute atomic E-state index is 0.0295. The summed E-state index contributed by atoms with van der Waals surface area (Å²) < 4.78 is 14.4. The van der Waals surface area contributed by atoms with Crippen molar-refractivity contribution >= 4 is 29.1 Å². The Hall–Kier alpha value is -2.44. The molecule has 7 heteroatoms. The number of hydrogen-bond acceptors (Lipinski definition) is 4. The molecule has 2 heterocycles. The number of halogens is 1. The number of hydrogen-bond donors (Lipinski definition) is 1. The molecule has 2 saturated heterocycles. The highest BCUT2D eigenvalue weighted by molar-refractivity contribution is 6.06. The first-order valence-electron chi connectivity index (χ1n) is 10.7. The van der Waals surface area contributed by atoms with Gasteiger partial charge in [-0.3, -0.25) is 19.3 Å². The maximum absolute atomic E-state index is 14.4. The minimum atomic E-state index is -0.349. The molecule has 3 amide bonds. The Balaban J connectivity index is 1.18. The molecule has 6 nitrogen and oxygen atoms in total. The highest BCUT2D eigenvalue weighted by Gasteiger charge is 2.60. The van der Waals surface area contributed by atoms with Crippen LogP contribution in [-0.2, 0) is 14.4 Å². The third-order valence-electron chi connectivity index (χ3n) is 7.26. The van der Waals surface area contributed by atoms with Crippen molar-refractivity contribution in [2.75, 3.05) is 29.9 Å². The van der Waals surface area contributed by atoms with E-state index in [4.69, 9.17) is 0 Å². The minimum Gasteiger partial charge on any atom is -0.369 e. The third kappa shape index (κ3) is 3.11. The Bertz CT molecular complexity index is 839. The zero-order valence-corrected chi connectivity index (χ0v) is 16.4. The van der Waals surface area contributed by atoms with Crippen molar-refractivity contribution in [1.82, 2.24) is 4.90 Å². The summed E-state index contributed by atoms with van der Waals surface area (Å²) in [5.74, 6) is -0.485. The number of nitrogens with one attached hydrogen (secondary N) is 1. The fraction of sp³-hybridized carbons (Fsp3) is 0.591. The van der Waals surface area contributed by atoms with Gasteiger partial charge in [-0.05, 0) is 62.1 Å². The van der Waals surface area contributed by atoms with Gasteiger partial charge in [0.15, 0.2) is 0 Å². The van der Waals surface area contributed by atoms with Gasteiger partial charge in [0.2, 0.25) is 17.7 Å². The Labute approximate surface area is 169 Å². The first-order chi connectivity index (χ1) is 14.0. The summed E-state index contributed by atoms with van der Waals surface area (Å²) in [6.45, 7) is 1.80. The maximum atomic E-state index is 14.4. The van der Waals surface area contributed by atoms with Gasteiger partial charge < -0.3 is 10.2 Å². The molecule has 4 atom stereocenters. The number of nitrogens with zero attached hydrogens (tertiary/aromatic N) is 2. The van der Waals surface area contributed by atoms with Crippen molar-refractivity contribution < 1.29 is 18.8 Å². The maximum Gasteiger partial charge on any atom is 0.233 e. The van der Waals surface area contributed by atoms with Crippen LogP contribution in [0.3, 0.4) is 0 Å². The third-order valence-corrected chi connectivity index (χ3v) is 7.26. The molecule has 5 rings (SSSR count). The van der Waals surface area contributed by atoms with Crippen LogP contribution in [0.25, 0.3) is 0 Å². The second-order valence-electron chi connectivity index (χ2n) is 8.87. The zero-order valence-electron chi connectivity index (χ0n) is 16.4. The molecule has 0 unspecified atom stereocenters. The number of amides is 3. The van der Waals surface area contributed by atoms with Gasteiger partial charge in [-0.25, -0.2) is 4.39 Å². The fourth-order valence-electron chi connectivity index (χ4n) is 5.93. The van der Waals surface area contributed by atoms with E-state index in [1.54, 1.807) is 12.1 Å². The number of carbonyl (C=O) groups is 3. The molecular formula is C22H26FN3O3. The number of carbonyl (C=O) groups excluding carboxylic acids is 3. The summed E-state index contributed by atoms with van der Waals surface area (Å²) in [7, 11) is 0. The van der Waals surface area contributed by atoms with E-state index in [0.29, 0.717) is 23.2 Å². The molecular weight excluding hydrogens is 373 g/mol. The van der Waals surface area contributed by atoms with E-state index >= 15 is 0 Å². The first-order valence-corrected chi connectivity index (χ1v) is 10.7. The van der Waals surface area contributed by atoms with Gasteiger partial charge >= 0.3 is 0 Å². The van der Waals surface area contributed by atoms with Crippen molar-refractivity contribution in [2.24, 2.45) is 23.7 Å². The predicted octanol–water partition coefficient (Wildman–Crippen LogP) is 2.79. The Morgan fingerprint density at radius 2 is 1.72 bits per heavy atom. The van der Waals surface area contributed by atoms with Gasteiger partial charge in [0.25, 0.3) is 0 Å². The van der Waals surface area contributed by atoms with Gasteiger partial charge in [0, 0.05) is 31.7 Å². The lowest BCUT2D eigenvalue weighted by Gasteiger charge is -2.19. The molecule has 4 aliphatic rings. The van der Waals surface area contributed by atoms with Gasteiger partial charge in [-0.2, -0.15) is 0 Å². The second-order valence-corrected chi connectivity index (χ2v) is 8.87. The van der Waals surface area contributed by atoms with Crippen LogP contribution >= 0.6 is 0 Å². The van der Waals surface area contributed by atoms with E-state index < -0.39 is 0 Å². The highest BCUT2D eigenvalue weighted by Crippen LogP contribution is 2.56. The van der Waals surface area contributed by atoms with Gasteiger partial charge in [-0.1, -0.05) is 0 Å². The topological polar surface area (TPSA) is 69.7 Å². The number of anilines is 2. The Kier molecular flexibility index (Phi) is 4.56. The Morgan fingerprint density at radius 3 is 2.34 bits per heavy atom.